The number of rotatable bonds is 4. The number of nitrogens with one attached hydrogen (secondary N) is 2. The molecule has 1 atom stereocenters. The van der Waals surface area contributed by atoms with E-state index in [-0.39, 0.29) is 12.1 Å². The molecule has 1 fully saturated rings. The average Bonchev–Trinajstić information content (AvgIpc) is 2.48. The predicted molar refractivity (Wildman–Crippen MR) is 76.7 cm³/mol. The van der Waals surface area contributed by atoms with Crippen LogP contribution in [0.5, 0.6) is 0 Å². The largest absolute Gasteiger partial charge is 0.479 e. The second kappa shape index (κ2) is 7.08. The zero-order valence-corrected chi connectivity index (χ0v) is 11.7. The third kappa shape index (κ3) is 4.46. The summed E-state index contributed by atoms with van der Waals surface area (Å²) >= 11 is 0. The summed E-state index contributed by atoms with van der Waals surface area (Å²) in [6.45, 7) is 0. The molecule has 6 heteroatoms. The molecule has 0 saturated heterocycles. The Morgan fingerprint density at radius 3 is 2.29 bits per heavy atom. The van der Waals surface area contributed by atoms with Crippen LogP contribution in [0.25, 0.3) is 0 Å². The van der Waals surface area contributed by atoms with Crippen molar-refractivity contribution < 1.29 is 19.8 Å². The number of carboxylic acids is 1. The monoisotopic (exact) mass is 292 g/mol. The van der Waals surface area contributed by atoms with Gasteiger partial charge in [0.25, 0.3) is 0 Å². The number of carbonyl (C=O) groups excluding carboxylic acids is 1. The number of amides is 2. The molecule has 21 heavy (non-hydrogen) atoms. The molecule has 1 aliphatic rings. The van der Waals surface area contributed by atoms with Gasteiger partial charge in [0.15, 0.2) is 6.04 Å². The number of hydrogen-bond acceptors (Lipinski definition) is 3. The predicted octanol–water partition coefficient (Wildman–Crippen LogP) is 1.41. The first-order valence-corrected chi connectivity index (χ1v) is 7.09. The van der Waals surface area contributed by atoms with Gasteiger partial charge in [-0.2, -0.15) is 0 Å². The SMILES string of the molecule is O=C(NC1CCC(O)CC1)N[C@H](C(=O)O)c1ccccc1. The maximum absolute atomic E-state index is 11.9. The van der Waals surface area contributed by atoms with Gasteiger partial charge in [-0.05, 0) is 31.2 Å². The van der Waals surface area contributed by atoms with Crippen LogP contribution in [0.4, 0.5) is 4.79 Å². The fourth-order valence-corrected chi connectivity index (χ4v) is 2.51. The van der Waals surface area contributed by atoms with E-state index in [0.29, 0.717) is 31.2 Å². The normalized spacial score (nSPS) is 23.1. The number of carbonyl (C=O) groups is 2. The van der Waals surface area contributed by atoms with Crippen LogP contribution in [-0.2, 0) is 4.79 Å². The van der Waals surface area contributed by atoms with Crippen LogP contribution < -0.4 is 10.6 Å². The Morgan fingerprint density at radius 1 is 1.10 bits per heavy atom. The first kappa shape index (κ1) is 15.3. The van der Waals surface area contributed by atoms with Gasteiger partial charge in [-0.3, -0.25) is 0 Å². The summed E-state index contributed by atoms with van der Waals surface area (Å²) in [7, 11) is 0. The summed E-state index contributed by atoms with van der Waals surface area (Å²) in [4.78, 5) is 23.2. The number of aliphatic hydroxyl groups excluding tert-OH is 1. The molecule has 2 amide bonds. The zero-order valence-electron chi connectivity index (χ0n) is 11.7. The standard InChI is InChI=1S/C15H20N2O4/c18-12-8-6-11(7-9-12)16-15(21)17-13(14(19)20)10-4-2-1-3-5-10/h1-5,11-13,18H,6-9H2,(H,19,20)(H2,16,17,21)/t11?,12?,13-/m0/s1. The molecule has 1 aromatic carbocycles. The van der Waals surface area contributed by atoms with Crippen molar-refractivity contribution in [1.29, 1.82) is 0 Å². The Kier molecular flexibility index (Phi) is 5.16. The van der Waals surface area contributed by atoms with E-state index in [1.54, 1.807) is 30.3 Å². The van der Waals surface area contributed by atoms with Gasteiger partial charge in [-0.1, -0.05) is 30.3 Å². The molecule has 1 aliphatic carbocycles. The molecule has 0 heterocycles. The number of urea groups is 1. The lowest BCUT2D eigenvalue weighted by molar-refractivity contribution is -0.139. The molecule has 0 unspecified atom stereocenters. The van der Waals surface area contributed by atoms with Gasteiger partial charge in [0.05, 0.1) is 6.10 Å². The maximum atomic E-state index is 11.9. The molecule has 0 bridgehead atoms. The Hall–Kier alpha value is -2.08. The fourth-order valence-electron chi connectivity index (χ4n) is 2.51. The number of aliphatic hydroxyl groups is 1. The van der Waals surface area contributed by atoms with Crippen molar-refractivity contribution >= 4 is 12.0 Å². The topological polar surface area (TPSA) is 98.7 Å². The molecule has 0 radical (unpaired) electrons. The molecular weight excluding hydrogens is 272 g/mol. The summed E-state index contributed by atoms with van der Waals surface area (Å²) in [5, 5.41) is 23.9. The number of carboxylic acid groups (broad SMARTS) is 1. The Morgan fingerprint density at radius 2 is 1.71 bits per heavy atom. The molecule has 1 aromatic rings. The minimum atomic E-state index is -1.10. The van der Waals surface area contributed by atoms with E-state index >= 15 is 0 Å². The Balaban J connectivity index is 1.91. The smallest absolute Gasteiger partial charge is 0.330 e. The molecule has 0 aromatic heterocycles. The molecule has 0 aliphatic heterocycles. The lowest BCUT2D eigenvalue weighted by Gasteiger charge is -2.27. The van der Waals surface area contributed by atoms with Gasteiger partial charge in [-0.25, -0.2) is 9.59 Å². The van der Waals surface area contributed by atoms with Gasteiger partial charge in [-0.15, -0.1) is 0 Å². The van der Waals surface area contributed by atoms with Crippen LogP contribution in [0, 0.1) is 0 Å². The van der Waals surface area contributed by atoms with Crippen molar-refractivity contribution in [2.75, 3.05) is 0 Å². The van der Waals surface area contributed by atoms with Gasteiger partial charge in [0.2, 0.25) is 0 Å². The minimum absolute atomic E-state index is 0.0152. The van der Waals surface area contributed by atoms with Crippen molar-refractivity contribution in [3.8, 4) is 0 Å². The molecule has 114 valence electrons. The summed E-state index contributed by atoms with van der Waals surface area (Å²) in [5.74, 6) is -1.10. The second-order valence-corrected chi connectivity index (χ2v) is 5.31. The summed E-state index contributed by atoms with van der Waals surface area (Å²) in [6, 6.07) is 6.99. The Bertz CT molecular complexity index is 484. The summed E-state index contributed by atoms with van der Waals surface area (Å²) in [6.07, 6.45) is 2.44. The first-order valence-electron chi connectivity index (χ1n) is 7.09. The van der Waals surface area contributed by atoms with Crippen molar-refractivity contribution in [3.05, 3.63) is 35.9 Å². The molecular formula is C15H20N2O4. The maximum Gasteiger partial charge on any atom is 0.330 e. The van der Waals surface area contributed by atoms with Crippen molar-refractivity contribution in [2.24, 2.45) is 0 Å². The molecule has 4 N–H and O–H groups in total. The van der Waals surface area contributed by atoms with Crippen LogP contribution in [-0.4, -0.2) is 34.4 Å². The van der Waals surface area contributed by atoms with Gasteiger partial charge in [0.1, 0.15) is 0 Å². The summed E-state index contributed by atoms with van der Waals surface area (Å²) in [5.41, 5.74) is 0.527. The van der Waals surface area contributed by atoms with Crippen LogP contribution in [0.15, 0.2) is 30.3 Å². The minimum Gasteiger partial charge on any atom is -0.479 e. The van der Waals surface area contributed by atoms with Crippen LogP contribution >= 0.6 is 0 Å². The second-order valence-electron chi connectivity index (χ2n) is 5.31. The van der Waals surface area contributed by atoms with Gasteiger partial charge >= 0.3 is 12.0 Å². The van der Waals surface area contributed by atoms with Gasteiger partial charge < -0.3 is 20.8 Å². The molecule has 2 rings (SSSR count). The van der Waals surface area contributed by atoms with E-state index in [1.165, 1.54) is 0 Å². The highest BCUT2D eigenvalue weighted by atomic mass is 16.4. The van der Waals surface area contributed by atoms with E-state index in [9.17, 15) is 19.8 Å². The third-order valence-corrected chi connectivity index (χ3v) is 3.69. The van der Waals surface area contributed by atoms with E-state index in [0.717, 1.165) is 0 Å². The van der Waals surface area contributed by atoms with Crippen LogP contribution in [0.3, 0.4) is 0 Å². The van der Waals surface area contributed by atoms with E-state index in [4.69, 9.17) is 0 Å². The number of benzene rings is 1. The first-order chi connectivity index (χ1) is 10.1. The average molecular weight is 292 g/mol. The highest BCUT2D eigenvalue weighted by Crippen LogP contribution is 2.18. The lowest BCUT2D eigenvalue weighted by atomic mass is 9.93. The quantitative estimate of drug-likeness (QED) is 0.674. The lowest BCUT2D eigenvalue weighted by Crippen LogP contribution is -2.46. The van der Waals surface area contributed by atoms with E-state index in [2.05, 4.69) is 10.6 Å². The van der Waals surface area contributed by atoms with Crippen molar-refractivity contribution in [3.63, 3.8) is 0 Å². The number of aliphatic carboxylic acids is 1. The van der Waals surface area contributed by atoms with E-state index in [1.807, 2.05) is 0 Å². The van der Waals surface area contributed by atoms with Crippen LogP contribution in [0.1, 0.15) is 37.3 Å². The van der Waals surface area contributed by atoms with Crippen LogP contribution in [0.2, 0.25) is 0 Å². The fraction of sp³-hybridized carbons (Fsp3) is 0.467. The molecule has 0 spiro atoms. The van der Waals surface area contributed by atoms with Gasteiger partial charge in [0, 0.05) is 6.04 Å². The van der Waals surface area contributed by atoms with Crippen molar-refractivity contribution in [2.45, 2.75) is 43.9 Å². The highest BCUT2D eigenvalue weighted by Gasteiger charge is 2.25. The third-order valence-electron chi connectivity index (χ3n) is 3.69. The van der Waals surface area contributed by atoms with Crippen molar-refractivity contribution in [1.82, 2.24) is 10.6 Å². The highest BCUT2D eigenvalue weighted by molar-refractivity contribution is 5.83. The molecule has 6 nitrogen and oxygen atoms in total. The zero-order chi connectivity index (χ0) is 15.2. The summed E-state index contributed by atoms with van der Waals surface area (Å²) < 4.78 is 0. The Labute approximate surface area is 123 Å². The molecule has 1 saturated carbocycles. The van der Waals surface area contributed by atoms with E-state index < -0.39 is 18.0 Å². The number of hydrogen-bond donors (Lipinski definition) is 4.